The van der Waals surface area contributed by atoms with E-state index in [9.17, 15) is 4.79 Å². The van der Waals surface area contributed by atoms with Crippen molar-refractivity contribution >= 4 is 23.5 Å². The number of nitrogens with zero attached hydrogens (tertiary/aromatic N) is 4. The molecule has 2 aromatic heterocycles. The second-order valence-electron chi connectivity index (χ2n) is 5.43. The molecule has 0 atom stereocenters. The number of hydrogen-bond donors (Lipinski definition) is 2. The molecule has 0 saturated carbocycles. The Morgan fingerprint density at radius 3 is 2.75 bits per heavy atom. The number of primary amides is 1. The summed E-state index contributed by atoms with van der Waals surface area (Å²) in [4.78, 5) is 21.3. The fraction of sp³-hybridized carbons (Fsp3) is 0.312. The molecule has 0 unspecified atom stereocenters. The predicted molar refractivity (Wildman–Crippen MR) is 94.8 cm³/mol. The maximum atomic E-state index is 11.0. The Hall–Kier alpha value is -2.54. The van der Waals surface area contributed by atoms with E-state index in [0.29, 0.717) is 18.1 Å². The van der Waals surface area contributed by atoms with E-state index < -0.39 is 5.91 Å². The first kappa shape index (κ1) is 17.8. The number of nitrogens with one attached hydrogen (secondary N) is 1. The number of carbonyl (C=O) groups excluding carboxylic acids is 1. The smallest absolute Gasteiger partial charge is 0.267 e. The molecular formula is C16H21ClN6O. The first-order valence-electron chi connectivity index (χ1n) is 7.38. The molecule has 1 amide bonds. The standard InChI is InChI=1S/C16H21ClN6O/c1-19-16(23(3)10-13-6-12(17)9-22(13)2)21-8-11-4-5-14(15(18)24)20-7-11/h4-7,9H,8,10H2,1-3H3,(H2,18,24)(H,19,21). The summed E-state index contributed by atoms with van der Waals surface area (Å²) >= 11 is 6.01. The molecule has 0 bridgehead atoms. The van der Waals surface area contributed by atoms with E-state index in [0.717, 1.165) is 17.2 Å². The number of rotatable bonds is 5. The van der Waals surface area contributed by atoms with E-state index in [1.165, 1.54) is 0 Å². The second kappa shape index (κ2) is 7.83. The van der Waals surface area contributed by atoms with Crippen LogP contribution in [0.3, 0.4) is 0 Å². The fourth-order valence-electron chi connectivity index (χ4n) is 2.28. The molecule has 0 aliphatic rings. The highest BCUT2D eigenvalue weighted by atomic mass is 35.5. The average molecular weight is 349 g/mol. The maximum absolute atomic E-state index is 11.0. The van der Waals surface area contributed by atoms with Gasteiger partial charge in [0, 0.05) is 45.8 Å². The second-order valence-corrected chi connectivity index (χ2v) is 5.87. The van der Waals surface area contributed by atoms with Crippen LogP contribution in [0.1, 0.15) is 21.7 Å². The normalized spacial score (nSPS) is 11.4. The van der Waals surface area contributed by atoms with E-state index in [-0.39, 0.29) is 5.69 Å². The summed E-state index contributed by atoms with van der Waals surface area (Å²) in [5.74, 6) is 0.206. The van der Waals surface area contributed by atoms with Crippen molar-refractivity contribution in [2.24, 2.45) is 17.8 Å². The van der Waals surface area contributed by atoms with Crippen LogP contribution in [0.2, 0.25) is 5.02 Å². The molecule has 0 spiro atoms. The van der Waals surface area contributed by atoms with Crippen molar-refractivity contribution in [3.8, 4) is 0 Å². The highest BCUT2D eigenvalue weighted by molar-refractivity contribution is 6.30. The zero-order valence-corrected chi connectivity index (χ0v) is 14.7. The Morgan fingerprint density at radius 2 is 2.25 bits per heavy atom. The van der Waals surface area contributed by atoms with E-state index in [2.05, 4.69) is 15.3 Å². The Labute approximate surface area is 146 Å². The third kappa shape index (κ3) is 4.48. The van der Waals surface area contributed by atoms with Crippen molar-refractivity contribution in [1.29, 1.82) is 0 Å². The molecule has 0 saturated heterocycles. The van der Waals surface area contributed by atoms with Gasteiger partial charge in [0.2, 0.25) is 0 Å². The van der Waals surface area contributed by atoms with Crippen molar-refractivity contribution < 1.29 is 4.79 Å². The van der Waals surface area contributed by atoms with Crippen molar-refractivity contribution in [3.05, 3.63) is 52.6 Å². The Balaban J connectivity index is 1.96. The number of halogens is 1. The highest BCUT2D eigenvalue weighted by Crippen LogP contribution is 2.14. The van der Waals surface area contributed by atoms with Crippen molar-refractivity contribution in [3.63, 3.8) is 0 Å². The molecule has 0 radical (unpaired) electrons. The number of nitrogens with two attached hydrogens (primary N) is 1. The van der Waals surface area contributed by atoms with Crippen LogP contribution in [0.25, 0.3) is 0 Å². The van der Waals surface area contributed by atoms with Gasteiger partial charge in [0.1, 0.15) is 5.69 Å². The molecular weight excluding hydrogens is 328 g/mol. The van der Waals surface area contributed by atoms with Gasteiger partial charge in [0.25, 0.3) is 5.91 Å². The molecule has 0 aliphatic carbocycles. The summed E-state index contributed by atoms with van der Waals surface area (Å²) in [6, 6.07) is 5.35. The third-order valence-electron chi connectivity index (χ3n) is 3.57. The Bertz CT molecular complexity index is 738. The lowest BCUT2D eigenvalue weighted by molar-refractivity contribution is 0.0995. The van der Waals surface area contributed by atoms with Crippen LogP contribution >= 0.6 is 11.6 Å². The molecule has 2 rings (SSSR count). The first-order valence-corrected chi connectivity index (χ1v) is 7.75. The molecule has 0 aliphatic heterocycles. The van der Waals surface area contributed by atoms with E-state index in [1.807, 2.05) is 41.9 Å². The third-order valence-corrected chi connectivity index (χ3v) is 3.78. The lowest BCUT2D eigenvalue weighted by atomic mass is 10.2. The quantitative estimate of drug-likeness (QED) is 0.631. The molecule has 0 aromatic carbocycles. The summed E-state index contributed by atoms with van der Waals surface area (Å²) in [5.41, 5.74) is 7.44. The number of guanidine groups is 1. The van der Waals surface area contributed by atoms with E-state index in [1.54, 1.807) is 19.3 Å². The summed E-state index contributed by atoms with van der Waals surface area (Å²) in [6.45, 7) is 1.21. The largest absolute Gasteiger partial charge is 0.364 e. The topological polar surface area (TPSA) is 88.5 Å². The van der Waals surface area contributed by atoms with Gasteiger partial charge in [-0.15, -0.1) is 0 Å². The monoisotopic (exact) mass is 348 g/mol. The summed E-state index contributed by atoms with van der Waals surface area (Å²) in [7, 11) is 5.63. The zero-order valence-electron chi connectivity index (χ0n) is 14.0. The Kier molecular flexibility index (Phi) is 5.81. The molecule has 2 heterocycles. The number of carbonyl (C=O) groups is 1. The molecule has 2 aromatic rings. The van der Waals surface area contributed by atoms with Gasteiger partial charge in [0.05, 0.1) is 11.6 Å². The maximum Gasteiger partial charge on any atom is 0.267 e. The van der Waals surface area contributed by atoms with Crippen LogP contribution < -0.4 is 11.1 Å². The highest BCUT2D eigenvalue weighted by Gasteiger charge is 2.10. The van der Waals surface area contributed by atoms with Crippen LogP contribution in [0, 0.1) is 0 Å². The van der Waals surface area contributed by atoms with Gasteiger partial charge in [-0.3, -0.25) is 14.8 Å². The molecule has 8 heteroatoms. The minimum atomic E-state index is -0.536. The summed E-state index contributed by atoms with van der Waals surface area (Å²) in [6.07, 6.45) is 3.49. The van der Waals surface area contributed by atoms with Gasteiger partial charge in [-0.05, 0) is 17.7 Å². The van der Waals surface area contributed by atoms with Gasteiger partial charge >= 0.3 is 0 Å². The van der Waals surface area contributed by atoms with E-state index in [4.69, 9.17) is 17.3 Å². The van der Waals surface area contributed by atoms with Gasteiger partial charge in [-0.2, -0.15) is 0 Å². The number of amides is 1. The number of hydrogen-bond acceptors (Lipinski definition) is 3. The van der Waals surface area contributed by atoms with Crippen LogP contribution in [0.4, 0.5) is 0 Å². The minimum Gasteiger partial charge on any atom is -0.364 e. The Morgan fingerprint density at radius 1 is 1.50 bits per heavy atom. The molecule has 0 fully saturated rings. The van der Waals surface area contributed by atoms with Crippen LogP contribution in [0.5, 0.6) is 0 Å². The van der Waals surface area contributed by atoms with E-state index >= 15 is 0 Å². The predicted octanol–water partition coefficient (Wildman–Crippen LogP) is 1.38. The van der Waals surface area contributed by atoms with Crippen LogP contribution in [-0.2, 0) is 20.1 Å². The van der Waals surface area contributed by atoms with Crippen molar-refractivity contribution in [1.82, 2.24) is 19.8 Å². The number of aryl methyl sites for hydroxylation is 1. The van der Waals surface area contributed by atoms with Crippen LogP contribution in [-0.4, -0.2) is 40.4 Å². The summed E-state index contributed by atoms with van der Waals surface area (Å²) < 4.78 is 1.98. The number of aromatic nitrogens is 2. The SMILES string of the molecule is CN=C(NCc1ccc(C(N)=O)nc1)N(C)Cc1cc(Cl)cn1C. The minimum absolute atomic E-state index is 0.251. The van der Waals surface area contributed by atoms with Crippen molar-refractivity contribution in [2.75, 3.05) is 14.1 Å². The van der Waals surface area contributed by atoms with Crippen molar-refractivity contribution in [2.45, 2.75) is 13.1 Å². The van der Waals surface area contributed by atoms with Gasteiger partial charge in [-0.1, -0.05) is 17.7 Å². The number of aliphatic imine (C=N–C) groups is 1. The lowest BCUT2D eigenvalue weighted by Crippen LogP contribution is -2.38. The fourth-order valence-corrected chi connectivity index (χ4v) is 2.55. The van der Waals surface area contributed by atoms with Gasteiger partial charge in [-0.25, -0.2) is 0 Å². The van der Waals surface area contributed by atoms with Crippen LogP contribution in [0.15, 0.2) is 35.6 Å². The molecule has 24 heavy (non-hydrogen) atoms. The summed E-state index contributed by atoms with van der Waals surface area (Å²) in [5, 5.41) is 3.97. The first-order chi connectivity index (χ1) is 11.4. The molecule has 128 valence electrons. The van der Waals surface area contributed by atoms with Gasteiger partial charge in [0.15, 0.2) is 5.96 Å². The van der Waals surface area contributed by atoms with Gasteiger partial charge < -0.3 is 20.5 Å². The molecule has 7 nitrogen and oxygen atoms in total. The lowest BCUT2D eigenvalue weighted by Gasteiger charge is -2.22. The average Bonchev–Trinajstić information content (AvgIpc) is 2.85. The molecule has 3 N–H and O–H groups in total. The number of pyridine rings is 1. The zero-order chi connectivity index (χ0) is 17.7.